The molecule has 104 valence electrons. The molecule has 0 aromatic heterocycles. The predicted molar refractivity (Wildman–Crippen MR) is 81.4 cm³/mol. The maximum atomic E-state index is 11.0. The number of nitrogens with one attached hydrogen (secondary N) is 1. The van der Waals surface area contributed by atoms with Gasteiger partial charge in [0.25, 0.3) is 0 Å². The number of hydrogen-bond donors (Lipinski definition) is 1. The van der Waals surface area contributed by atoms with Gasteiger partial charge in [0, 0.05) is 18.6 Å². The molecule has 1 aliphatic rings. The monoisotopic (exact) mass is 298 g/mol. The highest BCUT2D eigenvalue weighted by molar-refractivity contribution is 8.14. The fourth-order valence-electron chi connectivity index (χ4n) is 1.86. The lowest BCUT2D eigenvalue weighted by Crippen LogP contribution is -2.19. The van der Waals surface area contributed by atoms with Gasteiger partial charge in [0.2, 0.25) is 0 Å². The van der Waals surface area contributed by atoms with E-state index in [9.17, 15) is 8.42 Å². The molecule has 4 nitrogen and oxygen atoms in total. The van der Waals surface area contributed by atoms with Crippen molar-refractivity contribution in [2.45, 2.75) is 12.5 Å². The first-order valence-electron chi connectivity index (χ1n) is 6.21. The minimum atomic E-state index is -2.87. The highest BCUT2D eigenvalue weighted by Gasteiger charge is 2.21. The van der Waals surface area contributed by atoms with E-state index in [1.54, 1.807) is 11.8 Å². The van der Waals surface area contributed by atoms with Crippen molar-refractivity contribution in [1.29, 1.82) is 0 Å². The molecule has 1 heterocycles. The summed E-state index contributed by atoms with van der Waals surface area (Å²) in [4.78, 5) is 4.41. The molecule has 1 atom stereocenters. The number of amidine groups is 1. The largest absolute Gasteiger partial charge is 0.357 e. The van der Waals surface area contributed by atoms with Crippen molar-refractivity contribution in [3.05, 3.63) is 35.9 Å². The lowest BCUT2D eigenvalue weighted by molar-refractivity contribution is 0.599. The molecule has 19 heavy (non-hydrogen) atoms. The van der Waals surface area contributed by atoms with E-state index in [-0.39, 0.29) is 5.75 Å². The van der Waals surface area contributed by atoms with Gasteiger partial charge in [-0.15, -0.1) is 0 Å². The van der Waals surface area contributed by atoms with Crippen LogP contribution in [-0.4, -0.2) is 37.9 Å². The fraction of sp³-hybridized carbons (Fsp3) is 0.462. The van der Waals surface area contributed by atoms with E-state index >= 15 is 0 Å². The molecule has 1 aliphatic heterocycles. The van der Waals surface area contributed by atoms with Crippen LogP contribution in [0.1, 0.15) is 18.0 Å². The molecule has 0 bridgehead atoms. The molecule has 6 heteroatoms. The zero-order valence-corrected chi connectivity index (χ0v) is 12.5. The predicted octanol–water partition coefficient (Wildman–Crippen LogP) is 1.85. The molecule has 2 rings (SSSR count). The number of benzene rings is 1. The Morgan fingerprint density at radius 2 is 2.11 bits per heavy atom. The number of rotatable bonds is 5. The molecule has 1 aromatic rings. The van der Waals surface area contributed by atoms with Crippen LogP contribution in [0, 0.1) is 0 Å². The van der Waals surface area contributed by atoms with Crippen LogP contribution >= 0.6 is 11.8 Å². The van der Waals surface area contributed by atoms with Gasteiger partial charge in [0.15, 0.2) is 5.17 Å². The van der Waals surface area contributed by atoms with Crippen LogP contribution in [0.3, 0.4) is 0 Å². The SMILES string of the molecule is CS(=O)(=O)CCCN=C1NC(c2ccccc2)CS1. The summed E-state index contributed by atoms with van der Waals surface area (Å²) in [5, 5.41) is 4.29. The van der Waals surface area contributed by atoms with Crippen molar-refractivity contribution in [2.75, 3.05) is 24.3 Å². The number of aliphatic imine (C=N–C) groups is 1. The molecule has 0 aliphatic carbocycles. The van der Waals surface area contributed by atoms with Crippen LogP contribution in [0.15, 0.2) is 35.3 Å². The zero-order chi connectivity index (χ0) is 13.7. The Labute approximate surface area is 118 Å². The molecule has 0 radical (unpaired) electrons. The van der Waals surface area contributed by atoms with E-state index < -0.39 is 9.84 Å². The third-order valence-electron chi connectivity index (χ3n) is 2.82. The van der Waals surface area contributed by atoms with E-state index in [0.717, 1.165) is 10.9 Å². The Morgan fingerprint density at radius 1 is 1.37 bits per heavy atom. The second-order valence-corrected chi connectivity index (χ2v) is 7.86. The summed E-state index contributed by atoms with van der Waals surface area (Å²) < 4.78 is 22.0. The van der Waals surface area contributed by atoms with E-state index in [2.05, 4.69) is 22.4 Å². The topological polar surface area (TPSA) is 58.5 Å². The Kier molecular flexibility index (Phi) is 4.87. The molecular weight excluding hydrogens is 280 g/mol. The van der Waals surface area contributed by atoms with Crippen LogP contribution < -0.4 is 5.32 Å². The Bertz CT molecular complexity index is 541. The summed E-state index contributed by atoms with van der Waals surface area (Å²) in [7, 11) is -2.87. The minimum absolute atomic E-state index is 0.205. The molecule has 0 saturated carbocycles. The summed E-state index contributed by atoms with van der Waals surface area (Å²) in [5.41, 5.74) is 1.26. The highest BCUT2D eigenvalue weighted by atomic mass is 32.2. The fourth-order valence-corrected chi connectivity index (χ4v) is 3.52. The van der Waals surface area contributed by atoms with Crippen LogP contribution in [0.2, 0.25) is 0 Å². The zero-order valence-electron chi connectivity index (χ0n) is 10.9. The lowest BCUT2D eigenvalue weighted by atomic mass is 10.1. The average molecular weight is 298 g/mol. The second-order valence-electron chi connectivity index (χ2n) is 4.59. The van der Waals surface area contributed by atoms with Crippen molar-refractivity contribution in [1.82, 2.24) is 5.32 Å². The quantitative estimate of drug-likeness (QED) is 0.843. The van der Waals surface area contributed by atoms with Gasteiger partial charge >= 0.3 is 0 Å². The van der Waals surface area contributed by atoms with Crippen molar-refractivity contribution < 1.29 is 8.42 Å². The van der Waals surface area contributed by atoms with Gasteiger partial charge in [0.05, 0.1) is 11.8 Å². The Balaban J connectivity index is 1.82. The summed E-state index contributed by atoms with van der Waals surface area (Å²) in [6, 6.07) is 10.6. The summed E-state index contributed by atoms with van der Waals surface area (Å²) in [6.07, 6.45) is 1.84. The van der Waals surface area contributed by atoms with Crippen molar-refractivity contribution in [3.8, 4) is 0 Å². The average Bonchev–Trinajstić information content (AvgIpc) is 2.83. The molecule has 1 unspecified atom stereocenters. The van der Waals surface area contributed by atoms with Crippen molar-refractivity contribution in [2.24, 2.45) is 4.99 Å². The summed E-state index contributed by atoms with van der Waals surface area (Å²) >= 11 is 1.69. The maximum Gasteiger partial charge on any atom is 0.157 e. The first kappa shape index (κ1) is 14.4. The van der Waals surface area contributed by atoms with Gasteiger partial charge < -0.3 is 5.32 Å². The van der Waals surface area contributed by atoms with Gasteiger partial charge in [-0.1, -0.05) is 42.1 Å². The van der Waals surface area contributed by atoms with Crippen LogP contribution in [0.25, 0.3) is 0 Å². The van der Waals surface area contributed by atoms with E-state index in [1.807, 2.05) is 18.2 Å². The number of hydrogen-bond acceptors (Lipinski definition) is 4. The Hall–Kier alpha value is -1.01. The maximum absolute atomic E-state index is 11.0. The van der Waals surface area contributed by atoms with Crippen molar-refractivity contribution in [3.63, 3.8) is 0 Å². The number of thioether (sulfide) groups is 1. The minimum Gasteiger partial charge on any atom is -0.357 e. The summed E-state index contributed by atoms with van der Waals surface area (Å²) in [5.74, 6) is 1.17. The molecule has 1 N–H and O–H groups in total. The highest BCUT2D eigenvalue weighted by Crippen LogP contribution is 2.25. The van der Waals surface area contributed by atoms with Crippen molar-refractivity contribution >= 4 is 26.8 Å². The smallest absolute Gasteiger partial charge is 0.157 e. The van der Waals surface area contributed by atoms with Gasteiger partial charge in [-0.05, 0) is 12.0 Å². The number of sulfone groups is 1. The van der Waals surface area contributed by atoms with E-state index in [4.69, 9.17) is 0 Å². The molecule has 1 fully saturated rings. The second kappa shape index (κ2) is 6.43. The van der Waals surface area contributed by atoms with Crippen LogP contribution in [0.4, 0.5) is 0 Å². The molecule has 0 spiro atoms. The van der Waals surface area contributed by atoms with Crippen LogP contribution in [0.5, 0.6) is 0 Å². The Morgan fingerprint density at radius 3 is 2.79 bits per heavy atom. The molecule has 1 aromatic carbocycles. The lowest BCUT2D eigenvalue weighted by Gasteiger charge is -2.09. The first-order valence-corrected chi connectivity index (χ1v) is 9.26. The number of nitrogens with zero attached hydrogens (tertiary/aromatic N) is 1. The van der Waals surface area contributed by atoms with Crippen LogP contribution in [-0.2, 0) is 9.84 Å². The van der Waals surface area contributed by atoms with Gasteiger partial charge in [-0.2, -0.15) is 0 Å². The van der Waals surface area contributed by atoms with Gasteiger partial charge in [-0.25, -0.2) is 8.42 Å². The first-order chi connectivity index (χ1) is 9.04. The standard InChI is InChI=1S/C13H18N2O2S2/c1-19(16,17)9-5-8-14-13-15-12(10-18-13)11-6-3-2-4-7-11/h2-4,6-7,12H,5,8-10H2,1H3,(H,14,15). The molecular formula is C13H18N2O2S2. The third-order valence-corrected chi connectivity index (χ3v) is 4.87. The molecule has 0 amide bonds. The third kappa shape index (κ3) is 4.87. The molecule has 1 saturated heterocycles. The van der Waals surface area contributed by atoms with E-state index in [1.165, 1.54) is 11.8 Å². The normalized spacial score (nSPS) is 21.5. The van der Waals surface area contributed by atoms with E-state index in [0.29, 0.717) is 19.0 Å². The van der Waals surface area contributed by atoms with Gasteiger partial charge in [-0.3, -0.25) is 4.99 Å². The van der Waals surface area contributed by atoms with Gasteiger partial charge in [0.1, 0.15) is 9.84 Å². The summed E-state index contributed by atoms with van der Waals surface area (Å²) in [6.45, 7) is 0.559.